The number of hydrogen-bond acceptors (Lipinski definition) is 3. The molecule has 0 radical (unpaired) electrons. The van der Waals surface area contributed by atoms with E-state index >= 15 is 0 Å². The number of carbonyl (C=O) groups excluding carboxylic acids is 1. The highest BCUT2D eigenvalue weighted by atomic mass is 16.4. The van der Waals surface area contributed by atoms with Gasteiger partial charge in [-0.15, -0.1) is 0 Å². The van der Waals surface area contributed by atoms with Gasteiger partial charge in [0.05, 0.1) is 11.4 Å². The van der Waals surface area contributed by atoms with Crippen molar-refractivity contribution in [3.05, 3.63) is 42.1 Å². The van der Waals surface area contributed by atoms with E-state index in [0.717, 1.165) is 16.5 Å². The van der Waals surface area contributed by atoms with Crippen LogP contribution >= 0.6 is 0 Å². The van der Waals surface area contributed by atoms with Crippen molar-refractivity contribution in [2.45, 2.75) is 25.7 Å². The SMILES string of the molecule is O=C(O)C1CCN(C(=O)CCc2ccnc3ccccc23)CC1. The van der Waals surface area contributed by atoms with Gasteiger partial charge < -0.3 is 10.0 Å². The lowest BCUT2D eigenvalue weighted by Crippen LogP contribution is -2.40. The van der Waals surface area contributed by atoms with E-state index in [1.54, 1.807) is 11.1 Å². The second kappa shape index (κ2) is 6.77. The number of para-hydroxylation sites is 1. The van der Waals surface area contributed by atoms with Crippen LogP contribution in [0.15, 0.2) is 36.5 Å². The van der Waals surface area contributed by atoms with Gasteiger partial charge in [-0.05, 0) is 37.0 Å². The number of rotatable bonds is 4. The van der Waals surface area contributed by atoms with Crippen LogP contribution in [0.5, 0.6) is 0 Å². The molecule has 1 aliphatic rings. The fourth-order valence-corrected chi connectivity index (χ4v) is 3.15. The van der Waals surface area contributed by atoms with Gasteiger partial charge in [-0.2, -0.15) is 0 Å². The van der Waals surface area contributed by atoms with E-state index < -0.39 is 5.97 Å². The molecule has 0 aliphatic carbocycles. The van der Waals surface area contributed by atoms with Gasteiger partial charge >= 0.3 is 5.97 Å². The molecule has 1 fully saturated rings. The molecule has 0 unspecified atom stereocenters. The monoisotopic (exact) mass is 312 g/mol. The number of aromatic nitrogens is 1. The van der Waals surface area contributed by atoms with Gasteiger partial charge in [-0.25, -0.2) is 0 Å². The average molecular weight is 312 g/mol. The first-order chi connectivity index (χ1) is 11.1. The van der Waals surface area contributed by atoms with Crippen LogP contribution in [0.3, 0.4) is 0 Å². The summed E-state index contributed by atoms with van der Waals surface area (Å²) >= 11 is 0. The van der Waals surface area contributed by atoms with Crippen molar-refractivity contribution >= 4 is 22.8 Å². The third-order valence-corrected chi connectivity index (χ3v) is 4.54. The Bertz CT molecular complexity index is 716. The molecule has 3 rings (SSSR count). The van der Waals surface area contributed by atoms with Crippen LogP contribution in [0.25, 0.3) is 10.9 Å². The standard InChI is InChI=1S/C18H20N2O3/c21-17(20-11-8-14(9-12-20)18(22)23)6-5-13-7-10-19-16-4-2-1-3-15(13)16/h1-4,7,10,14H,5-6,8-9,11-12H2,(H,22,23). The zero-order chi connectivity index (χ0) is 16.2. The molecule has 2 aromatic rings. The largest absolute Gasteiger partial charge is 0.481 e. The molecule has 23 heavy (non-hydrogen) atoms. The summed E-state index contributed by atoms with van der Waals surface area (Å²) in [5.41, 5.74) is 2.07. The maximum absolute atomic E-state index is 12.3. The lowest BCUT2D eigenvalue weighted by atomic mass is 9.96. The number of carboxylic acid groups (broad SMARTS) is 1. The molecule has 1 saturated heterocycles. The van der Waals surface area contributed by atoms with E-state index in [1.807, 2.05) is 30.3 Å². The molecule has 5 heteroatoms. The number of aryl methyl sites for hydroxylation is 1. The normalized spacial score (nSPS) is 15.7. The minimum atomic E-state index is -0.750. The molecule has 0 spiro atoms. The summed E-state index contributed by atoms with van der Waals surface area (Å²) < 4.78 is 0. The number of carbonyl (C=O) groups is 2. The molecule has 5 nitrogen and oxygen atoms in total. The van der Waals surface area contributed by atoms with Crippen LogP contribution < -0.4 is 0 Å². The number of benzene rings is 1. The number of pyridine rings is 1. The predicted octanol–water partition coefficient (Wildman–Crippen LogP) is 2.49. The Balaban J connectivity index is 1.60. The Hall–Kier alpha value is -2.43. The maximum atomic E-state index is 12.3. The van der Waals surface area contributed by atoms with Gasteiger partial charge in [-0.1, -0.05) is 18.2 Å². The van der Waals surface area contributed by atoms with Gasteiger partial charge in [0.2, 0.25) is 5.91 Å². The highest BCUT2D eigenvalue weighted by Crippen LogP contribution is 2.20. The fraction of sp³-hybridized carbons (Fsp3) is 0.389. The third-order valence-electron chi connectivity index (χ3n) is 4.54. The summed E-state index contributed by atoms with van der Waals surface area (Å²) in [5.74, 6) is -0.946. The first kappa shape index (κ1) is 15.5. The van der Waals surface area contributed by atoms with Crippen LogP contribution in [-0.4, -0.2) is 40.0 Å². The van der Waals surface area contributed by atoms with Gasteiger partial charge in [0.1, 0.15) is 0 Å². The molecule has 0 atom stereocenters. The number of nitrogens with zero attached hydrogens (tertiary/aromatic N) is 2. The maximum Gasteiger partial charge on any atom is 0.306 e. The van der Waals surface area contributed by atoms with Gasteiger partial charge in [-0.3, -0.25) is 14.6 Å². The fourth-order valence-electron chi connectivity index (χ4n) is 3.15. The number of piperidine rings is 1. The smallest absolute Gasteiger partial charge is 0.306 e. The zero-order valence-corrected chi connectivity index (χ0v) is 12.9. The molecule has 1 aliphatic heterocycles. The van der Waals surface area contributed by atoms with Crippen molar-refractivity contribution in [3.8, 4) is 0 Å². The predicted molar refractivity (Wildman–Crippen MR) is 87.0 cm³/mol. The molecule has 2 heterocycles. The second-order valence-corrected chi connectivity index (χ2v) is 5.98. The molecular weight excluding hydrogens is 292 g/mol. The summed E-state index contributed by atoms with van der Waals surface area (Å²) in [7, 11) is 0. The number of carboxylic acids is 1. The Morgan fingerprint density at radius 1 is 1.17 bits per heavy atom. The summed E-state index contributed by atoms with van der Waals surface area (Å²) in [6.07, 6.45) is 4.02. The van der Waals surface area contributed by atoms with Crippen molar-refractivity contribution in [2.24, 2.45) is 5.92 Å². The topological polar surface area (TPSA) is 70.5 Å². The van der Waals surface area contributed by atoms with E-state index in [-0.39, 0.29) is 11.8 Å². The van der Waals surface area contributed by atoms with Crippen LogP contribution in [0.2, 0.25) is 0 Å². The van der Waals surface area contributed by atoms with Crippen LogP contribution in [0.1, 0.15) is 24.8 Å². The summed E-state index contributed by atoms with van der Waals surface area (Å²) in [6, 6.07) is 9.90. The van der Waals surface area contributed by atoms with Gasteiger partial charge in [0, 0.05) is 31.1 Å². The summed E-state index contributed by atoms with van der Waals surface area (Å²) in [4.78, 5) is 29.4. The van der Waals surface area contributed by atoms with E-state index in [9.17, 15) is 9.59 Å². The average Bonchev–Trinajstić information content (AvgIpc) is 2.59. The van der Waals surface area contributed by atoms with Crippen molar-refractivity contribution < 1.29 is 14.7 Å². The molecular formula is C18H20N2O3. The summed E-state index contributed by atoms with van der Waals surface area (Å²) in [5, 5.41) is 10.1. The molecule has 1 aromatic heterocycles. The quantitative estimate of drug-likeness (QED) is 0.941. The van der Waals surface area contributed by atoms with Crippen molar-refractivity contribution in [1.82, 2.24) is 9.88 Å². The minimum Gasteiger partial charge on any atom is -0.481 e. The van der Waals surface area contributed by atoms with Crippen molar-refractivity contribution in [1.29, 1.82) is 0 Å². The Morgan fingerprint density at radius 2 is 1.91 bits per heavy atom. The zero-order valence-electron chi connectivity index (χ0n) is 12.9. The van der Waals surface area contributed by atoms with E-state index in [4.69, 9.17) is 5.11 Å². The number of amides is 1. The van der Waals surface area contributed by atoms with E-state index in [2.05, 4.69) is 4.98 Å². The van der Waals surface area contributed by atoms with Crippen LogP contribution in [0, 0.1) is 5.92 Å². The van der Waals surface area contributed by atoms with Crippen LogP contribution in [-0.2, 0) is 16.0 Å². The molecule has 0 bridgehead atoms. The van der Waals surface area contributed by atoms with E-state index in [0.29, 0.717) is 38.8 Å². The molecule has 1 amide bonds. The van der Waals surface area contributed by atoms with Gasteiger partial charge in [0.15, 0.2) is 0 Å². The second-order valence-electron chi connectivity index (χ2n) is 5.98. The molecule has 1 N–H and O–H groups in total. The van der Waals surface area contributed by atoms with Crippen LogP contribution in [0.4, 0.5) is 0 Å². The minimum absolute atomic E-state index is 0.106. The molecule has 1 aromatic carbocycles. The number of hydrogen-bond donors (Lipinski definition) is 1. The summed E-state index contributed by atoms with van der Waals surface area (Å²) in [6.45, 7) is 1.10. The van der Waals surface area contributed by atoms with Crippen molar-refractivity contribution in [2.75, 3.05) is 13.1 Å². The third kappa shape index (κ3) is 3.50. The molecule has 0 saturated carbocycles. The number of aliphatic carboxylic acids is 1. The first-order valence-corrected chi connectivity index (χ1v) is 7.98. The lowest BCUT2D eigenvalue weighted by molar-refractivity contribution is -0.145. The number of fused-ring (bicyclic) bond motifs is 1. The molecule has 120 valence electrons. The van der Waals surface area contributed by atoms with E-state index in [1.165, 1.54) is 0 Å². The lowest BCUT2D eigenvalue weighted by Gasteiger charge is -2.30. The number of likely N-dealkylation sites (tertiary alicyclic amines) is 1. The Morgan fingerprint density at radius 3 is 2.65 bits per heavy atom. The highest BCUT2D eigenvalue weighted by molar-refractivity contribution is 5.83. The highest BCUT2D eigenvalue weighted by Gasteiger charge is 2.26. The van der Waals surface area contributed by atoms with Crippen molar-refractivity contribution in [3.63, 3.8) is 0 Å². The Kier molecular flexibility index (Phi) is 4.55. The van der Waals surface area contributed by atoms with Gasteiger partial charge in [0.25, 0.3) is 0 Å². The Labute approximate surface area is 134 Å². The first-order valence-electron chi connectivity index (χ1n) is 7.98.